The summed E-state index contributed by atoms with van der Waals surface area (Å²) in [7, 11) is 4.15. The van der Waals surface area contributed by atoms with Gasteiger partial charge in [-0.15, -0.1) is 0 Å². The van der Waals surface area contributed by atoms with E-state index in [1.807, 2.05) is 0 Å². The Bertz CT molecular complexity index is 871. The summed E-state index contributed by atoms with van der Waals surface area (Å²) in [5, 5.41) is 2.55. The zero-order valence-electron chi connectivity index (χ0n) is 15.6. The van der Waals surface area contributed by atoms with Gasteiger partial charge in [0.25, 0.3) is 0 Å². The summed E-state index contributed by atoms with van der Waals surface area (Å²) < 4.78 is 0. The normalized spacial score (nSPS) is 21.8. The highest BCUT2D eigenvalue weighted by atomic mass is 32.1. The van der Waals surface area contributed by atoms with E-state index in [1.165, 1.54) is 27.6 Å². The molecule has 1 aliphatic rings. The first-order valence-electron chi connectivity index (χ1n) is 9.21. The molecule has 3 rings (SSSR count). The van der Waals surface area contributed by atoms with Gasteiger partial charge in [0.15, 0.2) is 0 Å². The van der Waals surface area contributed by atoms with Crippen molar-refractivity contribution >= 4 is 35.2 Å². The van der Waals surface area contributed by atoms with Crippen molar-refractivity contribution in [2.75, 3.05) is 24.7 Å². The number of hydrogen-bond acceptors (Lipinski definition) is 2. The van der Waals surface area contributed by atoms with E-state index in [2.05, 4.69) is 111 Å². The third kappa shape index (κ3) is 4.70. The van der Waals surface area contributed by atoms with E-state index >= 15 is 0 Å². The molecule has 0 saturated carbocycles. The number of nitrogens with zero attached hydrogens (tertiary/aromatic N) is 1. The molecule has 0 heterocycles. The Morgan fingerprint density at radius 3 is 2.62 bits per heavy atom. The second-order valence-electron chi connectivity index (χ2n) is 6.94. The fraction of sp³-hybridized carbons (Fsp3) is 0.250. The predicted octanol–water partition coefficient (Wildman–Crippen LogP) is 6.30. The van der Waals surface area contributed by atoms with Gasteiger partial charge in [-0.1, -0.05) is 60.7 Å². The number of fused-ring (bicyclic) bond motifs is 1. The number of hydrogen-bond donors (Lipinski definition) is 1. The molecule has 134 valence electrons. The zero-order valence-corrected chi connectivity index (χ0v) is 16.5. The minimum atomic E-state index is 0.535. The van der Waals surface area contributed by atoms with Gasteiger partial charge in [-0.2, -0.15) is 12.6 Å². The lowest BCUT2D eigenvalue weighted by atomic mass is 9.90. The first-order chi connectivity index (χ1) is 12.7. The van der Waals surface area contributed by atoms with Gasteiger partial charge in [0, 0.05) is 19.8 Å². The van der Waals surface area contributed by atoms with Crippen LogP contribution in [0.2, 0.25) is 0 Å². The Labute approximate surface area is 162 Å². The second kappa shape index (κ2) is 8.95. The molecule has 0 amide bonds. The summed E-state index contributed by atoms with van der Waals surface area (Å²) in [6.07, 6.45) is 17.5. The quantitative estimate of drug-likeness (QED) is 0.612. The van der Waals surface area contributed by atoms with Crippen LogP contribution in [0.15, 0.2) is 78.4 Å². The molecule has 1 unspecified atom stereocenters. The van der Waals surface area contributed by atoms with Crippen molar-refractivity contribution in [2.45, 2.75) is 12.8 Å². The number of rotatable bonds is 5. The van der Waals surface area contributed by atoms with E-state index in [1.54, 1.807) is 0 Å². The minimum absolute atomic E-state index is 0.535. The molecule has 1 atom stereocenters. The van der Waals surface area contributed by atoms with Crippen molar-refractivity contribution in [1.82, 2.24) is 0 Å². The van der Waals surface area contributed by atoms with Crippen LogP contribution in [0.5, 0.6) is 0 Å². The van der Waals surface area contributed by atoms with Gasteiger partial charge in [-0.25, -0.2) is 0 Å². The minimum Gasteiger partial charge on any atom is -0.378 e. The highest BCUT2D eigenvalue weighted by molar-refractivity contribution is 7.80. The number of allylic oxidation sites excluding steroid dienone is 7. The third-order valence-corrected chi connectivity index (χ3v) is 5.11. The van der Waals surface area contributed by atoms with E-state index in [-0.39, 0.29) is 0 Å². The first kappa shape index (κ1) is 18.6. The molecule has 0 aliphatic heterocycles. The van der Waals surface area contributed by atoms with Gasteiger partial charge >= 0.3 is 0 Å². The Balaban J connectivity index is 1.85. The summed E-state index contributed by atoms with van der Waals surface area (Å²) in [5.41, 5.74) is 3.85. The highest BCUT2D eigenvalue weighted by Gasteiger charge is 2.10. The monoisotopic (exact) mass is 361 g/mol. The smallest absolute Gasteiger partial charge is 0.0367 e. The lowest BCUT2D eigenvalue weighted by Crippen LogP contribution is -2.07. The lowest BCUT2D eigenvalue weighted by molar-refractivity contribution is 0.620. The van der Waals surface area contributed by atoms with Gasteiger partial charge in [-0.05, 0) is 64.6 Å². The van der Waals surface area contributed by atoms with Crippen LogP contribution in [0.25, 0.3) is 16.8 Å². The Morgan fingerprint density at radius 2 is 1.81 bits per heavy atom. The Hall–Kier alpha value is -2.19. The van der Waals surface area contributed by atoms with Gasteiger partial charge in [0.1, 0.15) is 0 Å². The maximum Gasteiger partial charge on any atom is 0.0367 e. The average molecular weight is 362 g/mol. The second-order valence-corrected chi connectivity index (χ2v) is 7.39. The van der Waals surface area contributed by atoms with Crippen LogP contribution in [0.4, 0.5) is 5.69 Å². The summed E-state index contributed by atoms with van der Waals surface area (Å²) in [6.45, 7) is 0. The molecular weight excluding hydrogens is 334 g/mol. The number of anilines is 1. The largest absolute Gasteiger partial charge is 0.378 e. The molecule has 0 N–H and O–H groups in total. The Kier molecular flexibility index (Phi) is 6.40. The first-order valence-corrected chi connectivity index (χ1v) is 9.84. The van der Waals surface area contributed by atoms with Crippen LogP contribution in [0.1, 0.15) is 18.4 Å². The van der Waals surface area contributed by atoms with Crippen molar-refractivity contribution in [1.29, 1.82) is 0 Å². The lowest BCUT2D eigenvalue weighted by Gasteiger charge is -2.16. The summed E-state index contributed by atoms with van der Waals surface area (Å²) in [6, 6.07) is 13.3. The molecule has 1 aliphatic carbocycles. The molecule has 2 aromatic carbocycles. The molecule has 2 heteroatoms. The molecule has 2 aromatic rings. The van der Waals surface area contributed by atoms with Gasteiger partial charge in [0.2, 0.25) is 0 Å². The molecular formula is C24H27NS. The zero-order chi connectivity index (χ0) is 18.4. The fourth-order valence-electron chi connectivity index (χ4n) is 3.28. The standard InChI is InChI=1S/C24H27NS/c1-25(2)24-14-13-22-17-19(10-12-23(22)18-24)9-11-20-7-5-3-4-6-8-21(20)15-16-26/h3-7,9-14,17-18,21,26H,8,15-16H2,1-2H3/b5-3-,6-4+,11-9+,20-7-. The molecule has 0 saturated heterocycles. The molecule has 0 fully saturated rings. The highest BCUT2D eigenvalue weighted by Crippen LogP contribution is 2.26. The molecule has 0 bridgehead atoms. The summed E-state index contributed by atoms with van der Waals surface area (Å²) in [4.78, 5) is 2.14. The fourth-order valence-corrected chi connectivity index (χ4v) is 3.59. The van der Waals surface area contributed by atoms with Crippen LogP contribution in [-0.2, 0) is 0 Å². The molecule has 0 aromatic heterocycles. The molecule has 0 radical (unpaired) electrons. The van der Waals surface area contributed by atoms with E-state index in [0.717, 1.165) is 18.6 Å². The van der Waals surface area contributed by atoms with E-state index in [0.29, 0.717) is 5.92 Å². The maximum atomic E-state index is 4.44. The van der Waals surface area contributed by atoms with Crippen LogP contribution in [0.3, 0.4) is 0 Å². The Morgan fingerprint density at radius 1 is 1.00 bits per heavy atom. The number of thiol groups is 1. The van der Waals surface area contributed by atoms with E-state index < -0.39 is 0 Å². The van der Waals surface area contributed by atoms with Crippen molar-refractivity contribution < 1.29 is 0 Å². The molecule has 26 heavy (non-hydrogen) atoms. The van der Waals surface area contributed by atoms with Crippen LogP contribution in [-0.4, -0.2) is 19.8 Å². The van der Waals surface area contributed by atoms with E-state index in [9.17, 15) is 0 Å². The van der Waals surface area contributed by atoms with E-state index in [4.69, 9.17) is 0 Å². The summed E-state index contributed by atoms with van der Waals surface area (Å²) in [5.74, 6) is 1.45. The van der Waals surface area contributed by atoms with Crippen LogP contribution < -0.4 is 4.90 Å². The topological polar surface area (TPSA) is 3.24 Å². The third-order valence-electron chi connectivity index (χ3n) is 4.85. The molecule has 1 nitrogen and oxygen atoms in total. The van der Waals surface area contributed by atoms with Crippen molar-refractivity contribution in [3.05, 3.63) is 84.0 Å². The van der Waals surface area contributed by atoms with Crippen LogP contribution >= 0.6 is 12.6 Å². The predicted molar refractivity (Wildman–Crippen MR) is 120 cm³/mol. The van der Waals surface area contributed by atoms with Crippen molar-refractivity contribution in [2.24, 2.45) is 5.92 Å². The van der Waals surface area contributed by atoms with Crippen molar-refractivity contribution in [3.63, 3.8) is 0 Å². The molecule has 0 spiro atoms. The van der Waals surface area contributed by atoms with Gasteiger partial charge in [-0.3, -0.25) is 0 Å². The SMILES string of the molecule is CN(C)c1ccc2cc(/C=C/C3=C/C=C\C=C\CC3CCS)ccc2c1. The van der Waals surface area contributed by atoms with Gasteiger partial charge in [0.05, 0.1) is 0 Å². The van der Waals surface area contributed by atoms with Crippen molar-refractivity contribution in [3.8, 4) is 0 Å². The number of benzene rings is 2. The summed E-state index contributed by atoms with van der Waals surface area (Å²) >= 11 is 4.44. The maximum absolute atomic E-state index is 4.44. The van der Waals surface area contributed by atoms with Gasteiger partial charge < -0.3 is 4.90 Å². The van der Waals surface area contributed by atoms with Crippen LogP contribution in [0, 0.1) is 5.92 Å². The average Bonchev–Trinajstić information content (AvgIpc) is 2.63.